The molecule has 0 amide bonds. The van der Waals surface area contributed by atoms with E-state index in [2.05, 4.69) is 17.1 Å². The summed E-state index contributed by atoms with van der Waals surface area (Å²) >= 11 is 0. The lowest BCUT2D eigenvalue weighted by molar-refractivity contribution is 0.191. The fraction of sp³-hybridized carbons (Fsp3) is 0.857. The number of aromatic nitrogens is 3. The van der Waals surface area contributed by atoms with Crippen LogP contribution >= 0.6 is 0 Å². The van der Waals surface area contributed by atoms with Crippen molar-refractivity contribution in [1.82, 2.24) is 14.8 Å². The van der Waals surface area contributed by atoms with E-state index in [1.165, 1.54) is 32.1 Å². The van der Waals surface area contributed by atoms with Crippen molar-refractivity contribution in [2.24, 2.45) is 11.1 Å². The van der Waals surface area contributed by atoms with Crippen LogP contribution in [-0.4, -0.2) is 21.3 Å². The number of aromatic amines is 1. The van der Waals surface area contributed by atoms with E-state index >= 15 is 0 Å². The Morgan fingerprint density at radius 3 is 2.74 bits per heavy atom. The summed E-state index contributed by atoms with van der Waals surface area (Å²) in [6.45, 7) is 3.59. The molecule has 1 heterocycles. The molecule has 0 unspecified atom stereocenters. The minimum absolute atomic E-state index is 0.0774. The van der Waals surface area contributed by atoms with Crippen molar-refractivity contribution >= 4 is 0 Å². The number of nitrogens with one attached hydrogen (secondary N) is 1. The van der Waals surface area contributed by atoms with Gasteiger partial charge in [0.1, 0.15) is 5.82 Å². The van der Waals surface area contributed by atoms with E-state index < -0.39 is 0 Å². The smallest absolute Gasteiger partial charge is 0.330 e. The van der Waals surface area contributed by atoms with Gasteiger partial charge in [0.25, 0.3) is 0 Å². The molecule has 0 bridgehead atoms. The van der Waals surface area contributed by atoms with Gasteiger partial charge in [0.15, 0.2) is 0 Å². The van der Waals surface area contributed by atoms with Crippen LogP contribution in [0.2, 0.25) is 0 Å². The lowest BCUT2D eigenvalue weighted by Gasteiger charge is -2.35. The molecule has 1 saturated carbocycles. The number of hydrogen-bond donors (Lipinski definition) is 2. The molecule has 0 aliphatic heterocycles. The normalized spacial score (nSPS) is 18.6. The highest BCUT2D eigenvalue weighted by atomic mass is 16.1. The van der Waals surface area contributed by atoms with Crippen LogP contribution in [0.15, 0.2) is 4.79 Å². The third-order valence-electron chi connectivity index (χ3n) is 4.45. The molecular weight excluding hydrogens is 240 g/mol. The maximum atomic E-state index is 11.8. The molecule has 1 aromatic heterocycles. The van der Waals surface area contributed by atoms with Crippen LogP contribution in [-0.2, 0) is 13.0 Å². The summed E-state index contributed by atoms with van der Waals surface area (Å²) in [5.74, 6) is 0.894. The molecule has 1 aliphatic carbocycles. The maximum Gasteiger partial charge on any atom is 0.343 e. The average molecular weight is 266 g/mol. The Morgan fingerprint density at radius 1 is 1.37 bits per heavy atom. The molecule has 0 radical (unpaired) electrons. The highest BCUT2D eigenvalue weighted by Crippen LogP contribution is 2.37. The van der Waals surface area contributed by atoms with Gasteiger partial charge >= 0.3 is 5.69 Å². The quantitative estimate of drug-likeness (QED) is 0.824. The molecular formula is C14H26N4O. The third kappa shape index (κ3) is 3.26. The predicted octanol–water partition coefficient (Wildman–Crippen LogP) is 1.82. The minimum atomic E-state index is -0.0774. The van der Waals surface area contributed by atoms with E-state index in [1.54, 1.807) is 4.57 Å². The second-order valence-corrected chi connectivity index (χ2v) is 5.89. The Balaban J connectivity index is 2.15. The van der Waals surface area contributed by atoms with Gasteiger partial charge in [-0.1, -0.05) is 32.6 Å². The molecule has 1 fully saturated rings. The molecule has 2 rings (SSSR count). The Labute approximate surface area is 114 Å². The molecule has 19 heavy (non-hydrogen) atoms. The van der Waals surface area contributed by atoms with Crippen LogP contribution in [0, 0.1) is 5.41 Å². The second kappa shape index (κ2) is 6.37. The average Bonchev–Trinajstić information content (AvgIpc) is 2.78. The first kappa shape index (κ1) is 14.3. The fourth-order valence-corrected chi connectivity index (χ4v) is 3.12. The zero-order valence-corrected chi connectivity index (χ0v) is 12.0. The van der Waals surface area contributed by atoms with Crippen LogP contribution in [0.4, 0.5) is 0 Å². The van der Waals surface area contributed by atoms with E-state index in [0.29, 0.717) is 6.54 Å². The second-order valence-electron chi connectivity index (χ2n) is 5.89. The zero-order chi connectivity index (χ0) is 13.7. The van der Waals surface area contributed by atoms with Crippen LogP contribution in [0.1, 0.15) is 57.7 Å². The summed E-state index contributed by atoms with van der Waals surface area (Å²) in [4.78, 5) is 11.8. The molecule has 3 N–H and O–H groups in total. The van der Waals surface area contributed by atoms with Gasteiger partial charge in [-0.05, 0) is 31.2 Å². The number of nitrogens with two attached hydrogens (primary N) is 1. The number of rotatable bonds is 6. The lowest BCUT2D eigenvalue weighted by atomic mass is 9.71. The fourth-order valence-electron chi connectivity index (χ4n) is 3.12. The van der Waals surface area contributed by atoms with Crippen molar-refractivity contribution in [3.8, 4) is 0 Å². The molecule has 5 nitrogen and oxygen atoms in total. The Hall–Kier alpha value is -1.10. The van der Waals surface area contributed by atoms with Crippen molar-refractivity contribution < 1.29 is 0 Å². The van der Waals surface area contributed by atoms with Crippen molar-refractivity contribution in [3.63, 3.8) is 0 Å². The van der Waals surface area contributed by atoms with Gasteiger partial charge in [-0.3, -0.25) is 4.57 Å². The summed E-state index contributed by atoms with van der Waals surface area (Å²) in [5, 5.41) is 6.82. The molecule has 0 aromatic carbocycles. The molecule has 5 heteroatoms. The van der Waals surface area contributed by atoms with E-state index in [4.69, 9.17) is 5.73 Å². The van der Waals surface area contributed by atoms with Gasteiger partial charge in [-0.25, -0.2) is 9.89 Å². The molecule has 1 aromatic rings. The third-order valence-corrected chi connectivity index (χ3v) is 4.45. The Bertz CT molecular complexity index is 443. The number of H-pyrrole nitrogens is 1. The van der Waals surface area contributed by atoms with E-state index in [-0.39, 0.29) is 11.1 Å². The number of hydrogen-bond acceptors (Lipinski definition) is 3. The molecule has 0 spiro atoms. The van der Waals surface area contributed by atoms with Gasteiger partial charge in [0.05, 0.1) is 0 Å². The summed E-state index contributed by atoms with van der Waals surface area (Å²) in [6, 6.07) is 0. The van der Waals surface area contributed by atoms with Crippen molar-refractivity contribution in [2.75, 3.05) is 6.54 Å². The molecule has 0 saturated heterocycles. The van der Waals surface area contributed by atoms with Crippen molar-refractivity contribution in [3.05, 3.63) is 16.3 Å². The molecule has 1 aliphatic rings. The van der Waals surface area contributed by atoms with Crippen LogP contribution in [0.3, 0.4) is 0 Å². The zero-order valence-electron chi connectivity index (χ0n) is 12.0. The Morgan fingerprint density at radius 2 is 2.11 bits per heavy atom. The largest absolute Gasteiger partial charge is 0.343 e. The number of unbranched alkanes of at least 4 members (excludes halogenated alkanes) is 1. The van der Waals surface area contributed by atoms with Crippen LogP contribution < -0.4 is 11.4 Å². The first-order valence-electron chi connectivity index (χ1n) is 7.55. The molecule has 0 atom stereocenters. The Kier molecular flexibility index (Phi) is 4.80. The van der Waals surface area contributed by atoms with Crippen LogP contribution in [0.25, 0.3) is 0 Å². The first-order chi connectivity index (χ1) is 9.21. The van der Waals surface area contributed by atoms with Gasteiger partial charge in [-0.2, -0.15) is 5.10 Å². The summed E-state index contributed by atoms with van der Waals surface area (Å²) in [7, 11) is 0. The highest BCUT2D eigenvalue weighted by molar-refractivity contribution is 4.97. The maximum absolute atomic E-state index is 11.8. The standard InChI is InChI=1S/C14H26N4O/c1-2-3-9-18-12(16-17-13(18)19)10-14(11-15)7-5-4-6-8-14/h2-11,15H2,1H3,(H,17,19). The van der Waals surface area contributed by atoms with Gasteiger partial charge in [-0.15, -0.1) is 0 Å². The van der Waals surface area contributed by atoms with E-state index in [0.717, 1.165) is 31.6 Å². The predicted molar refractivity (Wildman–Crippen MR) is 76.0 cm³/mol. The van der Waals surface area contributed by atoms with Crippen molar-refractivity contribution in [1.29, 1.82) is 0 Å². The summed E-state index contributed by atoms with van der Waals surface area (Å²) in [6.07, 6.45) is 9.08. The summed E-state index contributed by atoms with van der Waals surface area (Å²) < 4.78 is 1.80. The van der Waals surface area contributed by atoms with Gasteiger partial charge in [0.2, 0.25) is 0 Å². The van der Waals surface area contributed by atoms with E-state index in [9.17, 15) is 4.79 Å². The molecule has 108 valence electrons. The summed E-state index contributed by atoms with van der Waals surface area (Å²) in [5.41, 5.74) is 6.10. The SMILES string of the molecule is CCCCn1c(CC2(CN)CCCCC2)n[nH]c1=O. The van der Waals surface area contributed by atoms with Gasteiger partial charge in [0, 0.05) is 13.0 Å². The number of nitrogens with zero attached hydrogens (tertiary/aromatic N) is 2. The monoisotopic (exact) mass is 266 g/mol. The topological polar surface area (TPSA) is 76.7 Å². The minimum Gasteiger partial charge on any atom is -0.330 e. The van der Waals surface area contributed by atoms with E-state index in [1.807, 2.05) is 0 Å². The van der Waals surface area contributed by atoms with Crippen molar-refractivity contribution in [2.45, 2.75) is 64.8 Å². The van der Waals surface area contributed by atoms with Gasteiger partial charge < -0.3 is 5.73 Å². The highest BCUT2D eigenvalue weighted by Gasteiger charge is 2.32. The van der Waals surface area contributed by atoms with Crippen LogP contribution in [0.5, 0.6) is 0 Å². The lowest BCUT2D eigenvalue weighted by Crippen LogP contribution is -2.36. The first-order valence-corrected chi connectivity index (χ1v) is 7.55.